The second-order valence-electron chi connectivity index (χ2n) is 5.04. The number of carbonyl (C=O) groups excluding carboxylic acids is 2. The summed E-state index contributed by atoms with van der Waals surface area (Å²) in [4.78, 5) is 27.8. The highest BCUT2D eigenvalue weighted by Crippen LogP contribution is 2.32. The molecule has 2 saturated heterocycles. The molecule has 2 aliphatic heterocycles. The molecule has 0 aromatic heterocycles. The molecule has 2 heterocycles. The van der Waals surface area contributed by atoms with Gasteiger partial charge in [0.15, 0.2) is 0 Å². The molecule has 0 spiro atoms. The van der Waals surface area contributed by atoms with Crippen LogP contribution < -0.4 is 4.90 Å². The maximum Gasteiger partial charge on any atom is 0.228 e. The fraction of sp³-hybridized carbons (Fsp3) is 0.429. The minimum atomic E-state index is -0.181. The lowest BCUT2D eigenvalue weighted by molar-refractivity contribution is -0.139. The Labute approximate surface area is 120 Å². The van der Waals surface area contributed by atoms with Gasteiger partial charge in [0.25, 0.3) is 0 Å². The molecule has 2 amide bonds. The maximum atomic E-state index is 12.2. The largest absolute Gasteiger partial charge is 0.342 e. The van der Waals surface area contributed by atoms with Crippen LogP contribution in [-0.4, -0.2) is 36.3 Å². The summed E-state index contributed by atoms with van der Waals surface area (Å²) < 4.78 is 0.889. The van der Waals surface area contributed by atoms with E-state index in [0.717, 1.165) is 29.7 Å². The zero-order valence-corrected chi connectivity index (χ0v) is 12.1. The molecule has 19 heavy (non-hydrogen) atoms. The van der Waals surface area contributed by atoms with Gasteiger partial charge in [-0.1, -0.05) is 12.1 Å². The Morgan fingerprint density at radius 2 is 2.00 bits per heavy atom. The zero-order chi connectivity index (χ0) is 13.4. The van der Waals surface area contributed by atoms with Crippen LogP contribution >= 0.6 is 15.9 Å². The van der Waals surface area contributed by atoms with E-state index in [1.165, 1.54) is 0 Å². The van der Waals surface area contributed by atoms with E-state index >= 15 is 0 Å². The summed E-state index contributed by atoms with van der Waals surface area (Å²) in [6.07, 6.45) is 1.41. The van der Waals surface area contributed by atoms with Crippen molar-refractivity contribution in [3.63, 3.8) is 0 Å². The molecule has 0 saturated carbocycles. The summed E-state index contributed by atoms with van der Waals surface area (Å²) in [6, 6.07) is 7.63. The minimum absolute atomic E-state index is 0.0331. The first-order valence-electron chi connectivity index (χ1n) is 6.50. The van der Waals surface area contributed by atoms with Gasteiger partial charge in [-0.3, -0.25) is 9.59 Å². The fourth-order valence-corrected chi connectivity index (χ4v) is 3.07. The van der Waals surface area contributed by atoms with Crippen molar-refractivity contribution in [1.29, 1.82) is 0 Å². The Morgan fingerprint density at radius 1 is 1.26 bits per heavy atom. The highest BCUT2D eigenvalue weighted by molar-refractivity contribution is 9.10. The van der Waals surface area contributed by atoms with Crippen molar-refractivity contribution >= 4 is 33.4 Å². The van der Waals surface area contributed by atoms with Crippen LogP contribution in [0.5, 0.6) is 0 Å². The summed E-state index contributed by atoms with van der Waals surface area (Å²) in [6.45, 7) is 2.19. The number of hydrogen-bond donors (Lipinski definition) is 0. The van der Waals surface area contributed by atoms with Crippen molar-refractivity contribution in [2.24, 2.45) is 5.92 Å². The summed E-state index contributed by atoms with van der Waals surface area (Å²) in [5.41, 5.74) is 0.853. The van der Waals surface area contributed by atoms with E-state index in [0.29, 0.717) is 13.0 Å². The van der Waals surface area contributed by atoms with Crippen LogP contribution in [0.4, 0.5) is 5.69 Å². The minimum Gasteiger partial charge on any atom is -0.342 e. The van der Waals surface area contributed by atoms with E-state index in [-0.39, 0.29) is 17.7 Å². The maximum absolute atomic E-state index is 12.2. The number of rotatable bonds is 2. The molecule has 4 nitrogen and oxygen atoms in total. The molecular formula is C14H15BrN2O2. The van der Waals surface area contributed by atoms with Crippen LogP contribution in [-0.2, 0) is 9.59 Å². The van der Waals surface area contributed by atoms with Crippen LogP contribution in [0, 0.1) is 5.92 Å². The van der Waals surface area contributed by atoms with Crippen LogP contribution in [0.3, 0.4) is 0 Å². The van der Waals surface area contributed by atoms with Gasteiger partial charge in [-0.15, -0.1) is 0 Å². The standard InChI is InChI=1S/C14H15BrN2O2/c15-11-4-1-2-5-12(11)17-9-10(8-13(17)18)14(19)16-6-3-7-16/h1-2,4-5,10H,3,6-9H2/t10-/m0/s1. The molecule has 0 radical (unpaired) electrons. The Balaban J connectivity index is 1.77. The highest BCUT2D eigenvalue weighted by atomic mass is 79.9. The molecule has 2 aliphatic rings. The van der Waals surface area contributed by atoms with Crippen molar-refractivity contribution in [3.05, 3.63) is 28.7 Å². The zero-order valence-electron chi connectivity index (χ0n) is 10.5. The molecule has 5 heteroatoms. The number of amides is 2. The molecule has 0 bridgehead atoms. The molecule has 1 aromatic carbocycles. The molecule has 100 valence electrons. The first kappa shape index (κ1) is 12.7. The van der Waals surface area contributed by atoms with Crippen molar-refractivity contribution in [2.75, 3.05) is 24.5 Å². The summed E-state index contributed by atoms with van der Waals surface area (Å²) in [5.74, 6) is -0.0140. The third kappa shape index (κ3) is 2.27. The van der Waals surface area contributed by atoms with Crippen LogP contribution in [0.2, 0.25) is 0 Å². The Morgan fingerprint density at radius 3 is 2.63 bits per heavy atom. The quantitative estimate of drug-likeness (QED) is 0.836. The molecular weight excluding hydrogens is 308 g/mol. The molecule has 0 N–H and O–H groups in total. The van der Waals surface area contributed by atoms with Crippen molar-refractivity contribution in [2.45, 2.75) is 12.8 Å². The Bertz CT molecular complexity index is 528. The predicted octanol–water partition coefficient (Wildman–Crippen LogP) is 2.03. The average Bonchev–Trinajstić information content (AvgIpc) is 2.70. The number of carbonyl (C=O) groups is 2. The van der Waals surface area contributed by atoms with E-state index in [4.69, 9.17) is 0 Å². The smallest absolute Gasteiger partial charge is 0.228 e. The lowest BCUT2D eigenvalue weighted by atomic mass is 10.0. The first-order chi connectivity index (χ1) is 9.16. The second kappa shape index (κ2) is 4.96. The Hall–Kier alpha value is -1.36. The van der Waals surface area contributed by atoms with Crippen molar-refractivity contribution in [3.8, 4) is 0 Å². The lowest BCUT2D eigenvalue weighted by Crippen LogP contribution is -2.45. The number of nitrogens with zero attached hydrogens (tertiary/aromatic N) is 2. The van der Waals surface area contributed by atoms with E-state index in [1.54, 1.807) is 4.90 Å². The third-order valence-corrected chi connectivity index (χ3v) is 4.46. The molecule has 0 aliphatic carbocycles. The van der Waals surface area contributed by atoms with Gasteiger partial charge >= 0.3 is 0 Å². The van der Waals surface area contributed by atoms with Crippen LogP contribution in [0.15, 0.2) is 28.7 Å². The average molecular weight is 323 g/mol. The number of halogens is 1. The van der Waals surface area contributed by atoms with Gasteiger partial charge < -0.3 is 9.80 Å². The number of anilines is 1. The van der Waals surface area contributed by atoms with Gasteiger partial charge in [-0.2, -0.15) is 0 Å². The van der Waals surface area contributed by atoms with Crippen LogP contribution in [0.1, 0.15) is 12.8 Å². The first-order valence-corrected chi connectivity index (χ1v) is 7.30. The van der Waals surface area contributed by atoms with Gasteiger partial charge in [0, 0.05) is 30.5 Å². The van der Waals surface area contributed by atoms with Gasteiger partial charge in [-0.25, -0.2) is 0 Å². The summed E-state index contributed by atoms with van der Waals surface area (Å²) >= 11 is 3.46. The van der Waals surface area contributed by atoms with E-state index in [9.17, 15) is 9.59 Å². The summed E-state index contributed by atoms with van der Waals surface area (Å²) in [5, 5.41) is 0. The van der Waals surface area contributed by atoms with E-state index in [2.05, 4.69) is 15.9 Å². The van der Waals surface area contributed by atoms with Crippen LogP contribution in [0.25, 0.3) is 0 Å². The molecule has 3 rings (SSSR count). The number of benzene rings is 1. The lowest BCUT2D eigenvalue weighted by Gasteiger charge is -2.33. The van der Waals surface area contributed by atoms with Crippen molar-refractivity contribution < 1.29 is 9.59 Å². The van der Waals surface area contributed by atoms with Gasteiger partial charge in [-0.05, 0) is 34.5 Å². The number of likely N-dealkylation sites (tertiary alicyclic amines) is 1. The van der Waals surface area contributed by atoms with E-state index in [1.807, 2.05) is 29.2 Å². The summed E-state index contributed by atoms with van der Waals surface area (Å²) in [7, 11) is 0. The molecule has 1 aromatic rings. The normalized spacial score (nSPS) is 22.6. The third-order valence-electron chi connectivity index (χ3n) is 3.79. The molecule has 2 fully saturated rings. The monoisotopic (exact) mass is 322 g/mol. The highest BCUT2D eigenvalue weighted by Gasteiger charge is 2.38. The fourth-order valence-electron chi connectivity index (χ4n) is 2.57. The Kier molecular flexibility index (Phi) is 3.31. The molecule has 0 unspecified atom stereocenters. The second-order valence-corrected chi connectivity index (χ2v) is 5.89. The topological polar surface area (TPSA) is 40.6 Å². The van der Waals surface area contributed by atoms with E-state index < -0.39 is 0 Å². The number of hydrogen-bond acceptors (Lipinski definition) is 2. The number of para-hydroxylation sites is 1. The van der Waals surface area contributed by atoms with Gasteiger partial charge in [0.2, 0.25) is 11.8 Å². The van der Waals surface area contributed by atoms with Gasteiger partial charge in [0.05, 0.1) is 11.6 Å². The predicted molar refractivity (Wildman–Crippen MR) is 75.8 cm³/mol. The van der Waals surface area contributed by atoms with Gasteiger partial charge in [0.1, 0.15) is 0 Å². The SMILES string of the molecule is O=C([C@H]1CC(=O)N(c2ccccc2Br)C1)N1CCC1. The van der Waals surface area contributed by atoms with Crippen molar-refractivity contribution in [1.82, 2.24) is 4.90 Å². The molecule has 1 atom stereocenters.